The molecule has 1 N–H and O–H groups in total. The van der Waals surface area contributed by atoms with Crippen molar-refractivity contribution in [2.75, 3.05) is 13.1 Å². The molecule has 1 fully saturated rings. The first kappa shape index (κ1) is 13.3. The van der Waals surface area contributed by atoms with Crippen molar-refractivity contribution in [3.8, 4) is 5.75 Å². The molecule has 1 aliphatic heterocycles. The van der Waals surface area contributed by atoms with E-state index in [0.717, 1.165) is 30.8 Å². The van der Waals surface area contributed by atoms with E-state index in [9.17, 15) is 4.39 Å². The molecule has 18 heavy (non-hydrogen) atoms. The van der Waals surface area contributed by atoms with E-state index in [-0.39, 0.29) is 6.10 Å². The number of alkyl halides is 1. The molecule has 3 heteroatoms. The topological polar surface area (TPSA) is 21.3 Å². The van der Waals surface area contributed by atoms with Crippen LogP contribution in [0, 0.1) is 0 Å². The van der Waals surface area contributed by atoms with E-state index in [1.54, 1.807) is 0 Å². The quantitative estimate of drug-likeness (QED) is 0.889. The second kappa shape index (κ2) is 5.70. The van der Waals surface area contributed by atoms with Crippen LogP contribution in [0.3, 0.4) is 0 Å². The van der Waals surface area contributed by atoms with Crippen LogP contribution in [-0.4, -0.2) is 19.2 Å². The number of halogens is 1. The summed E-state index contributed by atoms with van der Waals surface area (Å²) in [5, 5.41) is 3.24. The van der Waals surface area contributed by atoms with E-state index < -0.39 is 5.67 Å². The zero-order chi connectivity index (χ0) is 13.0. The standard InChI is InChI=1S/C15H22FNO/c1-12(2)18-14-6-4-13(5-7-14)15(16)8-3-10-17-11-9-15/h4-7,12,17H,3,8-11H2,1-2H3. The second-order valence-corrected chi connectivity index (χ2v) is 5.26. The average molecular weight is 251 g/mol. The van der Waals surface area contributed by atoms with Gasteiger partial charge in [0.2, 0.25) is 0 Å². The van der Waals surface area contributed by atoms with Crippen LogP contribution >= 0.6 is 0 Å². The molecule has 1 aromatic carbocycles. The zero-order valence-electron chi connectivity index (χ0n) is 11.2. The van der Waals surface area contributed by atoms with Crippen molar-refractivity contribution in [3.05, 3.63) is 29.8 Å². The van der Waals surface area contributed by atoms with Gasteiger partial charge in [0.1, 0.15) is 11.4 Å². The van der Waals surface area contributed by atoms with E-state index in [1.165, 1.54) is 0 Å². The molecule has 0 saturated carbocycles. The molecule has 0 bridgehead atoms. The molecule has 2 rings (SSSR count). The van der Waals surface area contributed by atoms with Crippen molar-refractivity contribution >= 4 is 0 Å². The Labute approximate surface area is 109 Å². The number of rotatable bonds is 3. The molecule has 100 valence electrons. The molecule has 2 nitrogen and oxygen atoms in total. The van der Waals surface area contributed by atoms with Gasteiger partial charge in [-0.3, -0.25) is 0 Å². The lowest BCUT2D eigenvalue weighted by Gasteiger charge is -2.24. The summed E-state index contributed by atoms with van der Waals surface area (Å²) in [5.41, 5.74) is -0.401. The number of benzene rings is 1. The molecule has 1 atom stereocenters. The van der Waals surface area contributed by atoms with Crippen LogP contribution in [0.15, 0.2) is 24.3 Å². The molecule has 0 amide bonds. The number of hydrogen-bond acceptors (Lipinski definition) is 2. The lowest BCUT2D eigenvalue weighted by Crippen LogP contribution is -2.22. The summed E-state index contributed by atoms with van der Waals surface area (Å²) in [4.78, 5) is 0. The molecule has 1 aliphatic rings. The number of ether oxygens (including phenoxy) is 1. The van der Waals surface area contributed by atoms with Crippen LogP contribution in [-0.2, 0) is 5.67 Å². The van der Waals surface area contributed by atoms with Crippen LogP contribution in [0.5, 0.6) is 5.75 Å². The summed E-state index contributed by atoms with van der Waals surface area (Å²) in [5.74, 6) is 0.809. The Balaban J connectivity index is 2.12. The second-order valence-electron chi connectivity index (χ2n) is 5.26. The van der Waals surface area contributed by atoms with E-state index >= 15 is 0 Å². The molecular formula is C15H22FNO. The van der Waals surface area contributed by atoms with Crippen molar-refractivity contribution in [2.24, 2.45) is 0 Å². The van der Waals surface area contributed by atoms with Crippen LogP contribution in [0.1, 0.15) is 38.7 Å². The molecule has 1 heterocycles. The Kier molecular flexibility index (Phi) is 4.23. The molecule has 0 spiro atoms. The highest BCUT2D eigenvalue weighted by molar-refractivity contribution is 5.31. The predicted molar refractivity (Wildman–Crippen MR) is 71.7 cm³/mol. The molecule has 0 radical (unpaired) electrons. The maximum absolute atomic E-state index is 14.9. The lowest BCUT2D eigenvalue weighted by molar-refractivity contribution is 0.144. The third-order valence-corrected chi connectivity index (χ3v) is 3.37. The first-order chi connectivity index (χ1) is 8.60. The monoisotopic (exact) mass is 251 g/mol. The number of hydrogen-bond donors (Lipinski definition) is 1. The molecule has 0 aliphatic carbocycles. The molecule has 0 aromatic heterocycles. The van der Waals surface area contributed by atoms with Gasteiger partial charge in [0.25, 0.3) is 0 Å². The molecule has 1 aromatic rings. The van der Waals surface area contributed by atoms with Crippen molar-refractivity contribution in [2.45, 2.75) is 44.9 Å². The van der Waals surface area contributed by atoms with Crippen LogP contribution in [0.2, 0.25) is 0 Å². The highest BCUT2D eigenvalue weighted by atomic mass is 19.1. The Morgan fingerprint density at radius 3 is 2.56 bits per heavy atom. The summed E-state index contributed by atoms with van der Waals surface area (Å²) in [7, 11) is 0. The third-order valence-electron chi connectivity index (χ3n) is 3.37. The summed E-state index contributed by atoms with van der Waals surface area (Å²) < 4.78 is 20.5. The Hall–Kier alpha value is -1.09. The Morgan fingerprint density at radius 2 is 1.89 bits per heavy atom. The van der Waals surface area contributed by atoms with Crippen molar-refractivity contribution in [3.63, 3.8) is 0 Å². The molecule has 1 unspecified atom stereocenters. The first-order valence-electron chi connectivity index (χ1n) is 6.77. The SMILES string of the molecule is CC(C)Oc1ccc(C2(F)CCCNCC2)cc1. The summed E-state index contributed by atoms with van der Waals surface area (Å²) >= 11 is 0. The fraction of sp³-hybridized carbons (Fsp3) is 0.600. The normalized spacial score (nSPS) is 24.9. The van der Waals surface area contributed by atoms with Crippen molar-refractivity contribution < 1.29 is 9.13 Å². The molecule has 1 saturated heterocycles. The lowest BCUT2D eigenvalue weighted by atomic mass is 9.89. The summed E-state index contributed by atoms with van der Waals surface area (Å²) in [6, 6.07) is 7.47. The van der Waals surface area contributed by atoms with Crippen molar-refractivity contribution in [1.29, 1.82) is 0 Å². The minimum Gasteiger partial charge on any atom is -0.491 e. The van der Waals surface area contributed by atoms with Gasteiger partial charge in [0, 0.05) is 0 Å². The predicted octanol–water partition coefficient (Wildman–Crippen LogP) is 3.41. The van der Waals surface area contributed by atoms with Gasteiger partial charge >= 0.3 is 0 Å². The highest BCUT2D eigenvalue weighted by Gasteiger charge is 2.32. The largest absolute Gasteiger partial charge is 0.491 e. The van der Waals surface area contributed by atoms with Crippen LogP contribution in [0.4, 0.5) is 4.39 Å². The van der Waals surface area contributed by atoms with Crippen molar-refractivity contribution in [1.82, 2.24) is 5.32 Å². The average Bonchev–Trinajstić information content (AvgIpc) is 2.55. The number of nitrogens with one attached hydrogen (secondary N) is 1. The maximum Gasteiger partial charge on any atom is 0.137 e. The van der Waals surface area contributed by atoms with E-state index in [1.807, 2.05) is 38.1 Å². The maximum atomic E-state index is 14.9. The minimum atomic E-state index is -1.18. The Bertz CT molecular complexity index is 367. The van der Waals surface area contributed by atoms with Gasteiger partial charge in [-0.1, -0.05) is 12.1 Å². The van der Waals surface area contributed by atoms with E-state index in [4.69, 9.17) is 4.74 Å². The van der Waals surface area contributed by atoms with Gasteiger partial charge in [-0.25, -0.2) is 4.39 Å². The smallest absolute Gasteiger partial charge is 0.137 e. The van der Waals surface area contributed by atoms with Gasteiger partial charge in [0.05, 0.1) is 6.10 Å². The van der Waals surface area contributed by atoms with Gasteiger partial charge in [-0.05, 0) is 63.9 Å². The Morgan fingerprint density at radius 1 is 1.17 bits per heavy atom. The fourth-order valence-electron chi connectivity index (χ4n) is 2.42. The van der Waals surface area contributed by atoms with E-state index in [0.29, 0.717) is 12.8 Å². The first-order valence-corrected chi connectivity index (χ1v) is 6.77. The van der Waals surface area contributed by atoms with E-state index in [2.05, 4.69) is 5.32 Å². The summed E-state index contributed by atoms with van der Waals surface area (Å²) in [6.45, 7) is 5.64. The van der Waals surface area contributed by atoms with Gasteiger partial charge < -0.3 is 10.1 Å². The van der Waals surface area contributed by atoms with Crippen LogP contribution in [0.25, 0.3) is 0 Å². The molecular weight excluding hydrogens is 229 g/mol. The van der Waals surface area contributed by atoms with Crippen LogP contribution < -0.4 is 10.1 Å². The zero-order valence-corrected chi connectivity index (χ0v) is 11.2. The van der Waals surface area contributed by atoms with Gasteiger partial charge in [0.15, 0.2) is 0 Å². The highest BCUT2D eigenvalue weighted by Crippen LogP contribution is 2.36. The third kappa shape index (κ3) is 3.22. The van der Waals surface area contributed by atoms with Gasteiger partial charge in [-0.15, -0.1) is 0 Å². The fourth-order valence-corrected chi connectivity index (χ4v) is 2.42. The summed E-state index contributed by atoms with van der Waals surface area (Å²) in [6.07, 6.45) is 2.19. The van der Waals surface area contributed by atoms with Gasteiger partial charge in [-0.2, -0.15) is 0 Å². The minimum absolute atomic E-state index is 0.150.